The van der Waals surface area contributed by atoms with Crippen molar-refractivity contribution in [2.45, 2.75) is 58.8 Å². The first-order valence-corrected chi connectivity index (χ1v) is 13.8. The minimum atomic E-state index is 0.215. The average Bonchev–Trinajstić information content (AvgIpc) is 2.88. The molecule has 10 heteroatoms. The summed E-state index contributed by atoms with van der Waals surface area (Å²) in [5, 5.41) is 3.59. The summed E-state index contributed by atoms with van der Waals surface area (Å²) in [6.07, 6.45) is 8.72. The van der Waals surface area contributed by atoms with E-state index in [2.05, 4.69) is 56.1 Å². The van der Waals surface area contributed by atoms with Gasteiger partial charge >= 0.3 is 0 Å². The van der Waals surface area contributed by atoms with Gasteiger partial charge in [-0.2, -0.15) is 4.98 Å². The first-order valence-electron chi connectivity index (χ1n) is 13.4. The quantitative estimate of drug-likeness (QED) is 0.349. The standard InChI is InChI=1S/C28H39ClN8O/c1-18-14-24(33-28-32-16-23(29)27(35-28)34-25(31)15-20(3)30)19(2)13-22(18)21-7-11-37(12-8-21)26(38)17-36-9-5-4-6-10-36/h13-16,21H,4-12,17,30H2,1-3H3,(H3,31,32,33,34,35)/b20-15-. The maximum atomic E-state index is 12.8. The van der Waals surface area contributed by atoms with Crippen LogP contribution < -0.4 is 16.8 Å². The molecule has 3 heterocycles. The van der Waals surface area contributed by atoms with Gasteiger partial charge in [0, 0.05) is 24.5 Å². The summed E-state index contributed by atoms with van der Waals surface area (Å²) in [4.78, 5) is 30.2. The number of rotatable bonds is 7. The molecule has 1 aromatic heterocycles. The fourth-order valence-corrected chi connectivity index (χ4v) is 5.40. The lowest BCUT2D eigenvalue weighted by molar-refractivity contribution is -0.133. The van der Waals surface area contributed by atoms with Gasteiger partial charge in [0.05, 0.1) is 12.7 Å². The van der Waals surface area contributed by atoms with Crippen LogP contribution in [0.15, 0.2) is 35.1 Å². The number of anilines is 2. The van der Waals surface area contributed by atoms with Gasteiger partial charge in [-0.05, 0) is 94.3 Å². The Morgan fingerprint density at radius 3 is 2.53 bits per heavy atom. The van der Waals surface area contributed by atoms with E-state index in [1.54, 1.807) is 13.0 Å². The predicted octanol–water partition coefficient (Wildman–Crippen LogP) is 4.53. The van der Waals surface area contributed by atoms with Crippen molar-refractivity contribution < 1.29 is 4.79 Å². The number of aliphatic imine (C=N–C) groups is 1. The molecule has 38 heavy (non-hydrogen) atoms. The van der Waals surface area contributed by atoms with Gasteiger partial charge in [0.2, 0.25) is 11.9 Å². The highest BCUT2D eigenvalue weighted by Crippen LogP contribution is 2.34. The Kier molecular flexibility index (Phi) is 9.22. The van der Waals surface area contributed by atoms with E-state index in [-0.39, 0.29) is 17.6 Å². The van der Waals surface area contributed by atoms with Gasteiger partial charge < -0.3 is 21.7 Å². The SMILES string of the molecule is C/C(N)=C/C(N)=Nc1nc(Nc2cc(C)c(C3CCN(C(=O)CN4CCCCC4)CC3)cc2C)ncc1Cl. The van der Waals surface area contributed by atoms with Crippen LogP contribution in [-0.2, 0) is 4.79 Å². The molecule has 4 rings (SSSR count). The van der Waals surface area contributed by atoms with E-state index < -0.39 is 0 Å². The minimum absolute atomic E-state index is 0.215. The molecule has 2 aliphatic heterocycles. The lowest BCUT2D eigenvalue weighted by atomic mass is 9.85. The van der Waals surface area contributed by atoms with Crippen molar-refractivity contribution in [2.24, 2.45) is 16.5 Å². The highest BCUT2D eigenvalue weighted by Gasteiger charge is 2.26. The van der Waals surface area contributed by atoms with Crippen molar-refractivity contribution in [3.8, 4) is 0 Å². The van der Waals surface area contributed by atoms with Crippen molar-refractivity contribution in [3.63, 3.8) is 0 Å². The summed E-state index contributed by atoms with van der Waals surface area (Å²) in [7, 11) is 0. The number of amidine groups is 1. The maximum absolute atomic E-state index is 12.8. The summed E-state index contributed by atoms with van der Waals surface area (Å²) in [5.74, 6) is 1.58. The van der Waals surface area contributed by atoms with Gasteiger partial charge in [0.15, 0.2) is 5.82 Å². The third kappa shape index (κ3) is 7.23. The molecule has 0 saturated carbocycles. The van der Waals surface area contributed by atoms with Gasteiger partial charge in [-0.15, -0.1) is 0 Å². The Hall–Kier alpha value is -3.17. The van der Waals surface area contributed by atoms with Crippen LogP contribution in [0.1, 0.15) is 61.6 Å². The number of carbonyl (C=O) groups is 1. The predicted molar refractivity (Wildman–Crippen MR) is 154 cm³/mol. The van der Waals surface area contributed by atoms with Gasteiger partial charge in [0.25, 0.3) is 0 Å². The summed E-state index contributed by atoms with van der Waals surface area (Å²) < 4.78 is 0. The number of hydrogen-bond acceptors (Lipinski definition) is 7. The minimum Gasteiger partial charge on any atom is -0.402 e. The molecule has 0 radical (unpaired) electrons. The van der Waals surface area contributed by atoms with Gasteiger partial charge in [0.1, 0.15) is 10.9 Å². The Labute approximate surface area is 230 Å². The average molecular weight is 539 g/mol. The Balaban J connectivity index is 1.40. The molecular formula is C28H39ClN8O. The van der Waals surface area contributed by atoms with Crippen LogP contribution in [-0.4, -0.2) is 64.2 Å². The molecule has 2 saturated heterocycles. The van der Waals surface area contributed by atoms with Crippen molar-refractivity contribution in [2.75, 3.05) is 38.0 Å². The normalized spacial score (nSPS) is 18.1. The van der Waals surface area contributed by atoms with Crippen LogP contribution in [0.3, 0.4) is 0 Å². The largest absolute Gasteiger partial charge is 0.402 e. The summed E-state index contributed by atoms with van der Waals surface area (Å²) in [5.41, 5.74) is 16.7. The summed E-state index contributed by atoms with van der Waals surface area (Å²) in [6.45, 7) is 10.2. The first-order chi connectivity index (χ1) is 18.2. The zero-order valence-electron chi connectivity index (χ0n) is 22.6. The number of carbonyl (C=O) groups excluding carboxylic acids is 1. The fourth-order valence-electron chi connectivity index (χ4n) is 5.27. The van der Waals surface area contributed by atoms with E-state index in [9.17, 15) is 4.79 Å². The number of nitrogens with zero attached hydrogens (tertiary/aromatic N) is 5. The second-order valence-electron chi connectivity index (χ2n) is 10.4. The van der Waals surface area contributed by atoms with Crippen LogP contribution >= 0.6 is 11.6 Å². The van der Waals surface area contributed by atoms with E-state index >= 15 is 0 Å². The second-order valence-corrected chi connectivity index (χ2v) is 10.8. The monoisotopic (exact) mass is 538 g/mol. The molecule has 9 nitrogen and oxygen atoms in total. The third-order valence-corrected chi connectivity index (χ3v) is 7.56. The van der Waals surface area contributed by atoms with Crippen LogP contribution in [0.4, 0.5) is 17.5 Å². The lowest BCUT2D eigenvalue weighted by Gasteiger charge is -2.35. The van der Waals surface area contributed by atoms with Crippen molar-refractivity contribution in [1.82, 2.24) is 19.8 Å². The van der Waals surface area contributed by atoms with Crippen molar-refractivity contribution in [3.05, 3.63) is 51.8 Å². The van der Waals surface area contributed by atoms with Crippen molar-refractivity contribution in [1.29, 1.82) is 0 Å². The van der Waals surface area contributed by atoms with E-state index in [0.717, 1.165) is 50.3 Å². The Bertz CT molecular complexity index is 1210. The Morgan fingerprint density at radius 2 is 1.84 bits per heavy atom. The topological polar surface area (TPSA) is 126 Å². The number of allylic oxidation sites excluding steroid dienone is 1. The molecule has 1 amide bonds. The lowest BCUT2D eigenvalue weighted by Crippen LogP contribution is -2.45. The van der Waals surface area contributed by atoms with Gasteiger partial charge in [-0.1, -0.05) is 24.1 Å². The molecule has 0 atom stereocenters. The molecule has 204 valence electrons. The van der Waals surface area contributed by atoms with E-state index in [4.69, 9.17) is 23.1 Å². The smallest absolute Gasteiger partial charge is 0.236 e. The number of piperidine rings is 2. The molecule has 0 spiro atoms. The Morgan fingerprint density at radius 1 is 1.13 bits per heavy atom. The van der Waals surface area contributed by atoms with Gasteiger partial charge in [-0.25, -0.2) is 9.98 Å². The number of nitrogens with two attached hydrogens (primary N) is 2. The maximum Gasteiger partial charge on any atom is 0.236 e. The van der Waals surface area contributed by atoms with E-state index in [0.29, 0.717) is 29.1 Å². The molecule has 0 aliphatic carbocycles. The van der Waals surface area contributed by atoms with Crippen LogP contribution in [0.5, 0.6) is 0 Å². The number of hydrogen-bond donors (Lipinski definition) is 3. The molecule has 2 aliphatic rings. The number of aryl methyl sites for hydroxylation is 2. The number of amides is 1. The fraction of sp³-hybridized carbons (Fsp3) is 0.500. The number of aromatic nitrogens is 2. The van der Waals surface area contributed by atoms with E-state index in [1.165, 1.54) is 36.6 Å². The molecule has 1 aromatic carbocycles. The van der Waals surface area contributed by atoms with Crippen LogP contribution in [0, 0.1) is 13.8 Å². The molecular weight excluding hydrogens is 500 g/mol. The third-order valence-electron chi connectivity index (χ3n) is 7.29. The number of halogens is 1. The first kappa shape index (κ1) is 27.9. The second kappa shape index (κ2) is 12.6. The zero-order chi connectivity index (χ0) is 27.2. The molecule has 5 N–H and O–H groups in total. The van der Waals surface area contributed by atoms with Gasteiger partial charge in [-0.3, -0.25) is 9.69 Å². The number of benzene rings is 1. The molecule has 0 unspecified atom stereocenters. The molecule has 0 bridgehead atoms. The number of likely N-dealkylation sites (tertiary alicyclic amines) is 2. The van der Waals surface area contributed by atoms with Crippen LogP contribution in [0.2, 0.25) is 5.02 Å². The van der Waals surface area contributed by atoms with E-state index in [1.807, 2.05) is 0 Å². The van der Waals surface area contributed by atoms with Crippen LogP contribution in [0.25, 0.3) is 0 Å². The highest BCUT2D eigenvalue weighted by molar-refractivity contribution is 6.32. The summed E-state index contributed by atoms with van der Waals surface area (Å²) >= 11 is 6.23. The van der Waals surface area contributed by atoms with Crippen molar-refractivity contribution >= 4 is 40.8 Å². The number of nitrogens with one attached hydrogen (secondary N) is 1. The molecule has 2 aromatic rings. The summed E-state index contributed by atoms with van der Waals surface area (Å²) in [6, 6.07) is 4.38. The highest BCUT2D eigenvalue weighted by atomic mass is 35.5. The molecule has 2 fully saturated rings. The zero-order valence-corrected chi connectivity index (χ0v) is 23.4.